The van der Waals surface area contributed by atoms with E-state index in [0.717, 1.165) is 41.9 Å². The molecule has 0 bridgehead atoms. The molecule has 2 heterocycles. The number of aliphatic hydroxyl groups is 1. The van der Waals surface area contributed by atoms with Gasteiger partial charge in [0.05, 0.1) is 5.69 Å². The van der Waals surface area contributed by atoms with E-state index in [4.69, 9.17) is 0 Å². The van der Waals surface area contributed by atoms with E-state index in [1.807, 2.05) is 24.3 Å². The molecule has 0 saturated carbocycles. The molecular formula is C18H18N2O2. The molecule has 112 valence electrons. The molecule has 4 rings (SSSR count). The fourth-order valence-corrected chi connectivity index (χ4v) is 3.48. The highest BCUT2D eigenvalue weighted by molar-refractivity contribution is 6.11. The van der Waals surface area contributed by atoms with Crippen molar-refractivity contribution in [1.29, 1.82) is 0 Å². The average molecular weight is 294 g/mol. The predicted molar refractivity (Wildman–Crippen MR) is 85.9 cm³/mol. The summed E-state index contributed by atoms with van der Waals surface area (Å²) in [4.78, 5) is 14.5. The van der Waals surface area contributed by atoms with Crippen molar-refractivity contribution in [3.8, 4) is 11.1 Å². The second kappa shape index (κ2) is 4.93. The Hall–Kier alpha value is -2.17. The molecule has 22 heavy (non-hydrogen) atoms. The van der Waals surface area contributed by atoms with Crippen LogP contribution in [-0.2, 0) is 13.0 Å². The molecule has 0 fully saturated rings. The number of anilines is 1. The van der Waals surface area contributed by atoms with E-state index in [-0.39, 0.29) is 5.78 Å². The Morgan fingerprint density at radius 1 is 1.18 bits per heavy atom. The van der Waals surface area contributed by atoms with Gasteiger partial charge in [0.25, 0.3) is 0 Å². The van der Waals surface area contributed by atoms with E-state index in [1.54, 1.807) is 0 Å². The van der Waals surface area contributed by atoms with E-state index in [9.17, 15) is 9.90 Å². The highest BCUT2D eigenvalue weighted by atomic mass is 16.3. The van der Waals surface area contributed by atoms with Crippen molar-refractivity contribution in [1.82, 2.24) is 4.90 Å². The van der Waals surface area contributed by atoms with Gasteiger partial charge in [0, 0.05) is 18.7 Å². The molecule has 0 saturated heterocycles. The Balaban J connectivity index is 1.97. The monoisotopic (exact) mass is 294 g/mol. The molecule has 4 heteroatoms. The Kier molecular flexibility index (Phi) is 3.03. The third-order valence-corrected chi connectivity index (χ3v) is 4.60. The van der Waals surface area contributed by atoms with Crippen molar-refractivity contribution in [2.75, 3.05) is 18.9 Å². The summed E-state index contributed by atoms with van der Waals surface area (Å²) in [5.74, 6) is -0.233. The van der Waals surface area contributed by atoms with Crippen LogP contribution in [0.15, 0.2) is 36.4 Å². The third-order valence-electron chi connectivity index (χ3n) is 4.60. The van der Waals surface area contributed by atoms with Gasteiger partial charge in [0.2, 0.25) is 5.78 Å². The van der Waals surface area contributed by atoms with Gasteiger partial charge in [-0.2, -0.15) is 0 Å². The van der Waals surface area contributed by atoms with E-state index in [0.29, 0.717) is 5.56 Å². The van der Waals surface area contributed by atoms with E-state index < -0.39 is 6.23 Å². The Bertz CT molecular complexity index is 755. The molecule has 1 unspecified atom stereocenters. The first-order chi connectivity index (χ1) is 10.6. The highest BCUT2D eigenvalue weighted by Crippen LogP contribution is 2.40. The molecule has 2 N–H and O–H groups in total. The van der Waals surface area contributed by atoms with Crippen molar-refractivity contribution in [3.05, 3.63) is 53.1 Å². The van der Waals surface area contributed by atoms with E-state index in [1.165, 1.54) is 5.56 Å². The number of ketones is 1. The van der Waals surface area contributed by atoms with Gasteiger partial charge in [-0.15, -0.1) is 0 Å². The standard InChI is InChI=1S/C18H18N2O2/c1-20-8-7-12-13(11-5-3-2-4-6-11)9-14-16(15(12)10-20)19-18(22)17(14)21/h2-6,9,18-19,22H,7-8,10H2,1H3. The fraction of sp³-hybridized carbons (Fsp3) is 0.278. The number of carbonyl (C=O) groups is 1. The zero-order valence-electron chi connectivity index (χ0n) is 12.5. The molecule has 0 radical (unpaired) electrons. The van der Waals surface area contributed by atoms with Crippen LogP contribution < -0.4 is 5.32 Å². The number of hydrogen-bond donors (Lipinski definition) is 2. The lowest BCUT2D eigenvalue weighted by molar-refractivity contribution is 0.0814. The molecule has 2 aliphatic heterocycles. The van der Waals surface area contributed by atoms with Crippen LogP contribution in [0.25, 0.3) is 11.1 Å². The third kappa shape index (κ3) is 1.95. The average Bonchev–Trinajstić information content (AvgIpc) is 2.83. The van der Waals surface area contributed by atoms with Crippen LogP contribution in [0.1, 0.15) is 21.5 Å². The number of carbonyl (C=O) groups excluding carboxylic acids is 1. The molecule has 0 spiro atoms. The maximum Gasteiger partial charge on any atom is 0.213 e. The van der Waals surface area contributed by atoms with Gasteiger partial charge in [0.15, 0.2) is 6.23 Å². The minimum Gasteiger partial charge on any atom is -0.367 e. The quantitative estimate of drug-likeness (QED) is 0.847. The van der Waals surface area contributed by atoms with Gasteiger partial charge in [-0.25, -0.2) is 0 Å². The summed E-state index contributed by atoms with van der Waals surface area (Å²) in [6, 6.07) is 12.1. The molecular weight excluding hydrogens is 276 g/mol. The normalized spacial score (nSPS) is 20.5. The summed E-state index contributed by atoms with van der Waals surface area (Å²) < 4.78 is 0. The van der Waals surface area contributed by atoms with Crippen LogP contribution in [0.5, 0.6) is 0 Å². The molecule has 0 aliphatic carbocycles. The predicted octanol–water partition coefficient (Wildman–Crippen LogP) is 2.27. The van der Waals surface area contributed by atoms with Crippen LogP contribution >= 0.6 is 0 Å². The minimum atomic E-state index is -1.11. The van der Waals surface area contributed by atoms with Crippen LogP contribution in [0, 0.1) is 0 Å². The number of nitrogens with one attached hydrogen (secondary N) is 1. The summed E-state index contributed by atoms with van der Waals surface area (Å²) in [5, 5.41) is 12.8. The maximum absolute atomic E-state index is 12.2. The second-order valence-corrected chi connectivity index (χ2v) is 6.07. The van der Waals surface area contributed by atoms with Gasteiger partial charge < -0.3 is 15.3 Å². The summed E-state index contributed by atoms with van der Waals surface area (Å²) in [7, 11) is 2.08. The highest BCUT2D eigenvalue weighted by Gasteiger charge is 2.34. The zero-order valence-corrected chi connectivity index (χ0v) is 12.5. The molecule has 2 aromatic carbocycles. The number of benzene rings is 2. The lowest BCUT2D eigenvalue weighted by Crippen LogP contribution is -2.28. The Morgan fingerprint density at radius 3 is 2.73 bits per heavy atom. The largest absolute Gasteiger partial charge is 0.367 e. The van der Waals surface area contributed by atoms with Gasteiger partial charge in [-0.05, 0) is 41.8 Å². The van der Waals surface area contributed by atoms with Crippen molar-refractivity contribution < 1.29 is 9.90 Å². The lowest BCUT2D eigenvalue weighted by atomic mass is 9.87. The van der Waals surface area contributed by atoms with Crippen LogP contribution in [0.3, 0.4) is 0 Å². The SMILES string of the molecule is CN1CCc2c(-c3ccccc3)cc3c(c2C1)NC(O)C3=O. The second-order valence-electron chi connectivity index (χ2n) is 6.07. The number of nitrogens with zero attached hydrogens (tertiary/aromatic N) is 1. The summed E-state index contributed by atoms with van der Waals surface area (Å²) >= 11 is 0. The number of rotatable bonds is 1. The van der Waals surface area contributed by atoms with E-state index in [2.05, 4.69) is 29.4 Å². The number of aliphatic hydroxyl groups excluding tert-OH is 1. The first-order valence-electron chi connectivity index (χ1n) is 7.56. The number of fused-ring (bicyclic) bond motifs is 3. The van der Waals surface area contributed by atoms with Gasteiger partial charge in [-0.1, -0.05) is 30.3 Å². The van der Waals surface area contributed by atoms with Gasteiger partial charge >= 0.3 is 0 Å². The Morgan fingerprint density at radius 2 is 1.95 bits per heavy atom. The maximum atomic E-state index is 12.2. The Labute approximate surface area is 129 Å². The first kappa shape index (κ1) is 13.5. The topological polar surface area (TPSA) is 52.6 Å². The minimum absolute atomic E-state index is 0.233. The van der Waals surface area contributed by atoms with Crippen molar-refractivity contribution >= 4 is 11.5 Å². The smallest absolute Gasteiger partial charge is 0.213 e. The molecule has 1 atom stereocenters. The molecule has 4 nitrogen and oxygen atoms in total. The van der Waals surface area contributed by atoms with Crippen LogP contribution in [-0.4, -0.2) is 35.6 Å². The van der Waals surface area contributed by atoms with Crippen LogP contribution in [0.2, 0.25) is 0 Å². The number of likely N-dealkylation sites (N-methyl/N-ethyl adjacent to an activating group) is 1. The zero-order chi connectivity index (χ0) is 15.3. The summed E-state index contributed by atoms with van der Waals surface area (Å²) in [6.07, 6.45) is -0.160. The van der Waals surface area contributed by atoms with Crippen molar-refractivity contribution in [3.63, 3.8) is 0 Å². The van der Waals surface area contributed by atoms with Crippen LogP contribution in [0.4, 0.5) is 5.69 Å². The van der Waals surface area contributed by atoms with Gasteiger partial charge in [0.1, 0.15) is 0 Å². The first-order valence-corrected chi connectivity index (χ1v) is 7.56. The molecule has 0 aromatic heterocycles. The fourth-order valence-electron chi connectivity index (χ4n) is 3.48. The number of hydrogen-bond acceptors (Lipinski definition) is 4. The summed E-state index contributed by atoms with van der Waals surface area (Å²) in [5.41, 5.74) is 6.11. The lowest BCUT2D eigenvalue weighted by Gasteiger charge is -2.29. The molecule has 2 aliphatic rings. The molecule has 0 amide bonds. The van der Waals surface area contributed by atoms with Gasteiger partial charge in [-0.3, -0.25) is 4.79 Å². The number of Topliss-reactive ketones (excluding diaryl/α,β-unsaturated/α-hetero) is 1. The van der Waals surface area contributed by atoms with Crippen molar-refractivity contribution in [2.45, 2.75) is 19.2 Å². The molecule has 2 aromatic rings. The summed E-state index contributed by atoms with van der Waals surface area (Å²) in [6.45, 7) is 1.80. The van der Waals surface area contributed by atoms with Crippen molar-refractivity contribution in [2.24, 2.45) is 0 Å². The van der Waals surface area contributed by atoms with E-state index >= 15 is 0 Å².